The van der Waals surface area contributed by atoms with Crippen molar-refractivity contribution in [2.45, 2.75) is 0 Å². The van der Waals surface area contributed by atoms with Gasteiger partial charge >= 0.3 is 0 Å². The van der Waals surface area contributed by atoms with Crippen molar-refractivity contribution in [3.05, 3.63) is 10.8 Å². The van der Waals surface area contributed by atoms with Crippen molar-refractivity contribution in [3.8, 4) is 182 Å². The topological polar surface area (TPSA) is 166 Å². The molecule has 18 nitrogen and oxygen atoms in total. The van der Waals surface area contributed by atoms with Crippen LogP contribution in [-0.2, 0) is 0 Å². The molecule has 0 unspecified atom stereocenters. The summed E-state index contributed by atoms with van der Waals surface area (Å²) < 4.78 is 112. The maximum absolute atomic E-state index is 6.50. The molecule has 0 spiro atoms. The van der Waals surface area contributed by atoms with Gasteiger partial charge in [-0.05, 0) is 0 Å². The van der Waals surface area contributed by atoms with Crippen LogP contribution in [0.2, 0.25) is 0 Å². The van der Waals surface area contributed by atoms with Gasteiger partial charge in [0.1, 0.15) is 0 Å². The molecule has 0 bridgehead atoms. The van der Waals surface area contributed by atoms with Gasteiger partial charge in [0.05, 0.1) is 73.1 Å². The fourth-order valence-electron chi connectivity index (χ4n) is 9.82. The van der Waals surface area contributed by atoms with Crippen LogP contribution in [0, 0.1) is 0 Å². The van der Waals surface area contributed by atoms with Gasteiger partial charge in [0, 0.05) is 21.9 Å². The first-order valence-corrected chi connectivity index (χ1v) is 28.9. The normalized spacial score (nSPS) is 16.7. The quantitative estimate of drug-likeness (QED) is 0.141. The highest BCUT2D eigenvalue weighted by molar-refractivity contribution is 7.25. The van der Waals surface area contributed by atoms with E-state index in [2.05, 4.69) is 0 Å². The van der Waals surface area contributed by atoms with Gasteiger partial charge in [-0.25, -0.2) is 0 Å². The smallest absolute Gasteiger partial charge is 0.232 e. The molecule has 27 heteroatoms. The van der Waals surface area contributed by atoms with E-state index in [0.717, 1.165) is 73.1 Å². The molecule has 0 amide bonds. The Morgan fingerprint density at radius 3 is 0.708 bits per heavy atom. The summed E-state index contributed by atoms with van der Waals surface area (Å²) in [7, 11) is 0. The highest BCUT2D eigenvalue weighted by Gasteiger charge is 2.46. The molecule has 0 saturated heterocycles. The van der Waals surface area contributed by atoms with Gasteiger partial charge in [0.25, 0.3) is 0 Å². The lowest BCUT2D eigenvalue weighted by molar-refractivity contribution is 0.174. The average molecular weight is 1140 g/mol. The summed E-state index contributed by atoms with van der Waals surface area (Å²) in [6, 6.07) is 0. The first-order valence-electron chi connectivity index (χ1n) is 21.4. The Bertz CT molecular complexity index is 3870. The Labute approximate surface area is 437 Å². The zero-order valence-corrected chi connectivity index (χ0v) is 42.9. The van der Waals surface area contributed by atoms with E-state index in [9.17, 15) is 0 Å². The van der Waals surface area contributed by atoms with Crippen LogP contribution in [0.1, 0.15) is 0 Å². The van der Waals surface area contributed by atoms with Crippen LogP contribution in [0.3, 0.4) is 0 Å². The van der Waals surface area contributed by atoms with Gasteiger partial charge < -0.3 is 85.3 Å². The highest BCUT2D eigenvalue weighted by Crippen LogP contribution is 2.73. The lowest BCUT2D eigenvalue weighted by Gasteiger charge is -2.14. The number of rotatable bonds is 8. The molecule has 18 heterocycles. The third-order valence-corrected chi connectivity index (χ3v) is 22.2. The molecular weight excluding hydrogens is 1120 g/mol. The monoisotopic (exact) mass is 1140 g/mol. The summed E-state index contributed by atoms with van der Waals surface area (Å²) in [6.07, 6.45) is 0. The Balaban J connectivity index is 0.883. The van der Waals surface area contributed by atoms with Crippen LogP contribution in [0.25, 0.3) is 84.2 Å². The number of ether oxygens (including phenoxy) is 18. The van der Waals surface area contributed by atoms with E-state index in [-0.39, 0.29) is 61.1 Å². The molecule has 0 atom stereocenters. The molecule has 9 aromatic rings. The van der Waals surface area contributed by atoms with Crippen molar-refractivity contribution in [1.82, 2.24) is 0 Å². The molecule has 9 aliphatic rings. The van der Waals surface area contributed by atoms with Crippen molar-refractivity contribution < 1.29 is 85.3 Å². The molecule has 0 radical (unpaired) electrons. The molecule has 0 aliphatic carbocycles. The van der Waals surface area contributed by atoms with Crippen molar-refractivity contribution in [2.24, 2.45) is 0 Å². The molecule has 0 aromatic carbocycles. The lowest BCUT2D eigenvalue weighted by atomic mass is 9.95. The van der Waals surface area contributed by atoms with E-state index in [1.807, 2.05) is 10.8 Å². The maximum atomic E-state index is 6.50. The molecule has 18 rings (SSSR count). The van der Waals surface area contributed by atoms with Crippen LogP contribution in [0.15, 0.2) is 10.8 Å². The van der Waals surface area contributed by atoms with E-state index in [1.165, 1.54) is 102 Å². The van der Waals surface area contributed by atoms with Crippen molar-refractivity contribution >= 4 is 102 Å². The molecule has 0 N–H and O–H groups in total. The summed E-state index contributed by atoms with van der Waals surface area (Å²) in [4.78, 5) is 5.77. The Hall–Kier alpha value is -6.30. The van der Waals surface area contributed by atoms with Gasteiger partial charge in [0.2, 0.25) is 107 Å². The fraction of sp³-hybridized carbons (Fsp3) is 0.200. The van der Waals surface area contributed by atoms with E-state index in [0.29, 0.717) is 108 Å². The molecule has 9 aliphatic heterocycles. The van der Waals surface area contributed by atoms with Crippen LogP contribution >= 0.6 is 102 Å². The van der Waals surface area contributed by atoms with Crippen LogP contribution in [0.5, 0.6) is 97.3 Å². The Morgan fingerprint density at radius 2 is 0.417 bits per heavy atom. The maximum Gasteiger partial charge on any atom is 0.232 e. The van der Waals surface area contributed by atoms with E-state index in [1.54, 1.807) is 0 Å². The second-order valence-corrected chi connectivity index (χ2v) is 24.7. The Kier molecular flexibility index (Phi) is 8.20. The molecule has 72 heavy (non-hydrogen) atoms. The summed E-state index contributed by atoms with van der Waals surface area (Å²) in [6.45, 7) is 0.565. The van der Waals surface area contributed by atoms with Gasteiger partial charge in [0.15, 0.2) is 51.7 Å². The molecule has 9 aromatic heterocycles. The van der Waals surface area contributed by atoms with E-state index < -0.39 is 0 Å². The zero-order chi connectivity index (χ0) is 46.5. The Morgan fingerprint density at radius 1 is 0.208 bits per heavy atom. The number of thiophene rings is 9. The number of hydrogen-bond acceptors (Lipinski definition) is 27. The molecule has 0 saturated carbocycles. The minimum atomic E-state index is 0.0126. The first kappa shape index (κ1) is 40.2. The second-order valence-electron chi connectivity index (χ2n) is 16.2. The zero-order valence-electron chi connectivity index (χ0n) is 35.5. The molecule has 0 fully saturated rings. The third kappa shape index (κ3) is 5.28. The van der Waals surface area contributed by atoms with E-state index >= 15 is 0 Å². The van der Waals surface area contributed by atoms with Crippen LogP contribution < -0.4 is 85.3 Å². The number of fused-ring (bicyclic) bond motifs is 9. The molecular formula is C45H20O18S9. The summed E-state index contributed by atoms with van der Waals surface area (Å²) >= 11 is 13.2. The van der Waals surface area contributed by atoms with Crippen molar-refractivity contribution in [3.63, 3.8) is 0 Å². The molecule has 362 valence electrons. The summed E-state index contributed by atoms with van der Waals surface area (Å²) in [5, 5.41) is 9.79. The largest absolute Gasteiger partial charge is 0.452 e. The highest BCUT2D eigenvalue weighted by atomic mass is 32.1. The van der Waals surface area contributed by atoms with Gasteiger partial charge in [-0.2, -0.15) is 0 Å². The first-order chi connectivity index (χ1) is 35.7. The minimum absolute atomic E-state index is 0.0126. The van der Waals surface area contributed by atoms with Crippen molar-refractivity contribution in [2.75, 3.05) is 61.1 Å². The average Bonchev–Trinajstić information content (AvgIpc) is 4.17. The fourth-order valence-corrected chi connectivity index (χ4v) is 19.9. The SMILES string of the molecule is c1sc2c(c1-c1sc3c(c1-c1sc4c(c1-c1sc5c(c1-c1sc6c(c1-c1c(-c7c(-c8c(-c9csc%10c9OCO%10)sc9c8OCO9)sc8c7OCO8)sc7c1OCO7)OCO6)OCO5)OCO4)OCO3)OCO2. The summed E-state index contributed by atoms with van der Waals surface area (Å²) in [5.41, 5.74) is 7.05. The van der Waals surface area contributed by atoms with Gasteiger partial charge in [-0.1, -0.05) is 79.4 Å². The van der Waals surface area contributed by atoms with Gasteiger partial charge in [-0.3, -0.25) is 0 Å². The van der Waals surface area contributed by atoms with Gasteiger partial charge in [-0.15, -0.1) is 22.7 Å². The minimum Gasteiger partial charge on any atom is -0.452 e. The van der Waals surface area contributed by atoms with E-state index in [4.69, 9.17) is 85.3 Å². The summed E-state index contributed by atoms with van der Waals surface area (Å²) in [5.74, 6) is 5.37. The van der Waals surface area contributed by atoms with Crippen LogP contribution in [-0.4, -0.2) is 61.1 Å². The predicted octanol–water partition coefficient (Wildman–Crippen LogP) is 13.1. The predicted molar refractivity (Wildman–Crippen MR) is 266 cm³/mol. The van der Waals surface area contributed by atoms with Crippen LogP contribution in [0.4, 0.5) is 0 Å². The third-order valence-electron chi connectivity index (χ3n) is 12.7. The second kappa shape index (κ2) is 14.7. The number of hydrogen-bond donors (Lipinski definition) is 0. The lowest BCUT2D eigenvalue weighted by Crippen LogP contribution is -1.99. The van der Waals surface area contributed by atoms with Crippen molar-refractivity contribution in [1.29, 1.82) is 0 Å². The standard InChI is InChI=1S/C45H20O18S9/c1-12(21-37(64-1)55-3-46-21)30-16(25-41(66-30)59-7-50-25)34-18(27-43(70-34)61-9-52-27)32-14(23-39(68-32)57-5-48-23)15-24-40(58-6-49-24)69-33(15)19-28-44(62-10-53-28)72-36(19)20-29-45(63-11-54-29)71-35(20)17-26-42(60-8-51-26)67-31(17)13-2-65-38-22(13)47-4-56-38/h1-2H,3-11H2.